The third kappa shape index (κ3) is 3.29. The average molecular weight is 321 g/mol. The summed E-state index contributed by atoms with van der Waals surface area (Å²) in [5, 5.41) is 10.8. The summed E-state index contributed by atoms with van der Waals surface area (Å²) >= 11 is 0. The summed E-state index contributed by atoms with van der Waals surface area (Å²) in [4.78, 5) is 10.1. The fourth-order valence-corrected chi connectivity index (χ4v) is 3.76. The highest BCUT2D eigenvalue weighted by Gasteiger charge is 2.20. The number of piperidine rings is 1. The number of hydrogen-bond donors (Lipinski definition) is 2. The minimum Gasteiger partial charge on any atom is -0.508 e. The molecule has 4 rings (SSSR count). The van der Waals surface area contributed by atoms with Crippen molar-refractivity contribution in [3.8, 4) is 5.75 Å². The summed E-state index contributed by atoms with van der Waals surface area (Å²) in [6, 6.07) is 11.9. The largest absolute Gasteiger partial charge is 0.508 e. The highest BCUT2D eigenvalue weighted by molar-refractivity contribution is 5.79. The first-order chi connectivity index (χ1) is 11.8. The van der Waals surface area contributed by atoms with Gasteiger partial charge in [-0.15, -0.1) is 0 Å². The fourth-order valence-electron chi connectivity index (χ4n) is 3.76. The number of phenols is 1. The summed E-state index contributed by atoms with van der Waals surface area (Å²) in [5.41, 5.74) is 3.58. The number of phenolic OH excluding ortho intramolecular Hbond substituents is 1. The van der Waals surface area contributed by atoms with E-state index >= 15 is 0 Å². The van der Waals surface area contributed by atoms with Gasteiger partial charge < -0.3 is 10.1 Å². The SMILES string of the molecule is Oc1cccc(CC2CCN(Cc3ccnc4[nH]ccc34)CC2)c1. The number of aromatic amines is 1. The van der Waals surface area contributed by atoms with Crippen LogP contribution in [0.2, 0.25) is 0 Å². The first kappa shape index (κ1) is 15.2. The molecule has 0 unspecified atom stereocenters. The van der Waals surface area contributed by atoms with E-state index in [0.717, 1.165) is 31.7 Å². The average Bonchev–Trinajstić information content (AvgIpc) is 3.06. The Kier molecular flexibility index (Phi) is 4.22. The topological polar surface area (TPSA) is 52.1 Å². The Morgan fingerprint density at radius 1 is 1.17 bits per heavy atom. The van der Waals surface area contributed by atoms with Gasteiger partial charge >= 0.3 is 0 Å². The third-order valence-corrected chi connectivity index (χ3v) is 5.09. The molecule has 0 atom stereocenters. The van der Waals surface area contributed by atoms with E-state index in [1.807, 2.05) is 24.5 Å². The van der Waals surface area contributed by atoms with E-state index in [-0.39, 0.29) is 0 Å². The van der Waals surface area contributed by atoms with E-state index in [9.17, 15) is 5.11 Å². The molecule has 0 saturated carbocycles. The van der Waals surface area contributed by atoms with E-state index in [2.05, 4.69) is 33.1 Å². The van der Waals surface area contributed by atoms with Gasteiger partial charge in [0.1, 0.15) is 11.4 Å². The van der Waals surface area contributed by atoms with Crippen molar-refractivity contribution < 1.29 is 5.11 Å². The van der Waals surface area contributed by atoms with Gasteiger partial charge in [-0.05, 0) is 73.7 Å². The number of rotatable bonds is 4. The smallest absolute Gasteiger partial charge is 0.137 e. The Hall–Kier alpha value is -2.33. The van der Waals surface area contributed by atoms with Crippen LogP contribution in [-0.2, 0) is 13.0 Å². The molecule has 0 amide bonds. The number of aromatic nitrogens is 2. The molecule has 3 heterocycles. The van der Waals surface area contributed by atoms with Crippen molar-refractivity contribution in [1.82, 2.24) is 14.9 Å². The molecule has 2 N–H and O–H groups in total. The number of pyridine rings is 1. The van der Waals surface area contributed by atoms with Gasteiger partial charge in [-0.3, -0.25) is 4.90 Å². The molecule has 1 aromatic carbocycles. The van der Waals surface area contributed by atoms with Crippen molar-refractivity contribution in [2.24, 2.45) is 5.92 Å². The van der Waals surface area contributed by atoms with Crippen LogP contribution in [0, 0.1) is 5.92 Å². The molecule has 1 fully saturated rings. The van der Waals surface area contributed by atoms with Crippen LogP contribution in [0.4, 0.5) is 0 Å². The Labute approximate surface area is 142 Å². The minimum atomic E-state index is 0.373. The predicted molar refractivity (Wildman–Crippen MR) is 95.9 cm³/mol. The van der Waals surface area contributed by atoms with E-state index in [4.69, 9.17) is 0 Å². The zero-order valence-corrected chi connectivity index (χ0v) is 13.8. The molecule has 124 valence electrons. The normalized spacial score (nSPS) is 16.7. The first-order valence-corrected chi connectivity index (χ1v) is 8.69. The van der Waals surface area contributed by atoms with Gasteiger partial charge in [0.25, 0.3) is 0 Å². The molecule has 24 heavy (non-hydrogen) atoms. The molecule has 4 nitrogen and oxygen atoms in total. The van der Waals surface area contributed by atoms with E-state index in [1.165, 1.54) is 29.4 Å². The van der Waals surface area contributed by atoms with Crippen LogP contribution in [0.25, 0.3) is 11.0 Å². The lowest BCUT2D eigenvalue weighted by Crippen LogP contribution is -2.33. The molecule has 0 bridgehead atoms. The van der Waals surface area contributed by atoms with Crippen LogP contribution in [-0.4, -0.2) is 33.1 Å². The molecule has 4 heteroatoms. The Morgan fingerprint density at radius 2 is 2.04 bits per heavy atom. The number of aromatic hydroxyl groups is 1. The second-order valence-corrected chi connectivity index (χ2v) is 6.80. The molecule has 0 spiro atoms. The number of likely N-dealkylation sites (tertiary alicyclic amines) is 1. The van der Waals surface area contributed by atoms with Crippen LogP contribution in [0.3, 0.4) is 0 Å². The summed E-state index contributed by atoms with van der Waals surface area (Å²) < 4.78 is 0. The van der Waals surface area contributed by atoms with E-state index in [1.54, 1.807) is 6.07 Å². The lowest BCUT2D eigenvalue weighted by Gasteiger charge is -2.32. The monoisotopic (exact) mass is 321 g/mol. The van der Waals surface area contributed by atoms with Crippen molar-refractivity contribution in [1.29, 1.82) is 0 Å². The molecular weight excluding hydrogens is 298 g/mol. The van der Waals surface area contributed by atoms with Crippen LogP contribution in [0.1, 0.15) is 24.0 Å². The second-order valence-electron chi connectivity index (χ2n) is 6.80. The van der Waals surface area contributed by atoms with Gasteiger partial charge in [-0.25, -0.2) is 4.98 Å². The van der Waals surface area contributed by atoms with E-state index in [0.29, 0.717) is 11.7 Å². The molecule has 1 saturated heterocycles. The summed E-state index contributed by atoms with van der Waals surface area (Å²) in [6.45, 7) is 3.27. The maximum atomic E-state index is 9.60. The summed E-state index contributed by atoms with van der Waals surface area (Å²) in [6.07, 6.45) is 7.36. The third-order valence-electron chi connectivity index (χ3n) is 5.09. The molecular formula is C20H23N3O. The van der Waals surface area contributed by atoms with E-state index < -0.39 is 0 Å². The maximum Gasteiger partial charge on any atom is 0.137 e. The summed E-state index contributed by atoms with van der Waals surface area (Å²) in [5.74, 6) is 1.09. The van der Waals surface area contributed by atoms with Gasteiger partial charge in [0, 0.05) is 24.3 Å². The van der Waals surface area contributed by atoms with Crippen molar-refractivity contribution >= 4 is 11.0 Å². The van der Waals surface area contributed by atoms with Crippen molar-refractivity contribution in [3.63, 3.8) is 0 Å². The fraction of sp³-hybridized carbons (Fsp3) is 0.350. The zero-order valence-electron chi connectivity index (χ0n) is 13.8. The number of hydrogen-bond acceptors (Lipinski definition) is 3. The Morgan fingerprint density at radius 3 is 2.88 bits per heavy atom. The number of benzene rings is 1. The predicted octanol–water partition coefficient (Wildman–Crippen LogP) is 3.72. The molecule has 3 aromatic rings. The van der Waals surface area contributed by atoms with Crippen molar-refractivity contribution in [2.45, 2.75) is 25.8 Å². The minimum absolute atomic E-state index is 0.373. The number of nitrogens with one attached hydrogen (secondary N) is 1. The number of fused-ring (bicyclic) bond motifs is 1. The molecule has 1 aliphatic heterocycles. The van der Waals surface area contributed by atoms with Crippen LogP contribution in [0.5, 0.6) is 5.75 Å². The number of H-pyrrole nitrogens is 1. The standard InChI is InChI=1S/C20H23N3O/c24-18-3-1-2-16(13-18)12-15-6-10-23(11-7-15)14-17-4-8-21-20-19(17)5-9-22-20/h1-5,8-9,13,15,24H,6-7,10-12,14H2,(H,21,22). The highest BCUT2D eigenvalue weighted by atomic mass is 16.3. The lowest BCUT2D eigenvalue weighted by molar-refractivity contribution is 0.177. The van der Waals surface area contributed by atoms with Gasteiger partial charge in [0.15, 0.2) is 0 Å². The first-order valence-electron chi connectivity index (χ1n) is 8.69. The molecule has 2 aromatic heterocycles. The van der Waals surface area contributed by atoms with Gasteiger partial charge in [-0.2, -0.15) is 0 Å². The lowest BCUT2D eigenvalue weighted by atomic mass is 9.90. The molecule has 0 aliphatic carbocycles. The quantitative estimate of drug-likeness (QED) is 0.770. The molecule has 1 aliphatic rings. The Bertz CT molecular complexity index is 818. The maximum absolute atomic E-state index is 9.60. The van der Waals surface area contributed by atoms with Crippen molar-refractivity contribution in [3.05, 3.63) is 59.9 Å². The zero-order chi connectivity index (χ0) is 16.4. The van der Waals surface area contributed by atoms with Gasteiger partial charge in [-0.1, -0.05) is 12.1 Å². The van der Waals surface area contributed by atoms with Crippen molar-refractivity contribution in [2.75, 3.05) is 13.1 Å². The Balaban J connectivity index is 1.35. The summed E-state index contributed by atoms with van der Waals surface area (Å²) in [7, 11) is 0. The number of nitrogens with zero attached hydrogens (tertiary/aromatic N) is 2. The van der Waals surface area contributed by atoms with Crippen LogP contribution in [0.15, 0.2) is 48.8 Å². The second kappa shape index (κ2) is 6.65. The highest BCUT2D eigenvalue weighted by Crippen LogP contribution is 2.25. The molecule has 0 radical (unpaired) electrons. The van der Waals surface area contributed by atoms with Crippen LogP contribution < -0.4 is 0 Å². The van der Waals surface area contributed by atoms with Gasteiger partial charge in [0.2, 0.25) is 0 Å². The van der Waals surface area contributed by atoms with Crippen LogP contribution >= 0.6 is 0 Å². The van der Waals surface area contributed by atoms with Gasteiger partial charge in [0.05, 0.1) is 0 Å².